The van der Waals surface area contributed by atoms with Crippen LogP contribution in [0.4, 0.5) is 0 Å². The number of likely N-dealkylation sites (tertiary alicyclic amines) is 1. The molecule has 2 atom stereocenters. The second-order valence-electron chi connectivity index (χ2n) is 8.14. The summed E-state index contributed by atoms with van der Waals surface area (Å²) in [5.74, 6) is 0.533. The number of ether oxygens (including phenoxy) is 1. The van der Waals surface area contributed by atoms with E-state index in [-0.39, 0.29) is 12.1 Å². The van der Waals surface area contributed by atoms with Crippen molar-refractivity contribution in [3.63, 3.8) is 0 Å². The minimum Gasteiger partial charge on any atom is -0.379 e. The van der Waals surface area contributed by atoms with Gasteiger partial charge < -0.3 is 4.74 Å². The first-order chi connectivity index (χ1) is 13.6. The Hall–Kier alpha value is -1.39. The van der Waals surface area contributed by atoms with Crippen molar-refractivity contribution in [3.8, 4) is 0 Å². The number of benzene rings is 2. The summed E-state index contributed by atoms with van der Waals surface area (Å²) in [5.41, 5.74) is 2.47. The molecule has 0 bridgehead atoms. The fourth-order valence-corrected chi connectivity index (χ4v) is 4.35. The molecule has 152 valence electrons. The number of hydrogen-bond acceptors (Lipinski definition) is 3. The smallest absolute Gasteiger partial charge is 0.0682 e. The minimum atomic E-state index is 0.0772. The van der Waals surface area contributed by atoms with Crippen molar-refractivity contribution in [2.75, 3.05) is 26.3 Å². The monoisotopic (exact) mass is 400 g/mol. The molecule has 1 aliphatic rings. The van der Waals surface area contributed by atoms with Crippen LogP contribution < -0.4 is 0 Å². The van der Waals surface area contributed by atoms with Gasteiger partial charge in [-0.2, -0.15) is 0 Å². The molecule has 1 heterocycles. The first-order valence-electron chi connectivity index (χ1n) is 10.5. The van der Waals surface area contributed by atoms with E-state index in [0.717, 1.165) is 19.7 Å². The van der Waals surface area contributed by atoms with Crippen LogP contribution in [0.3, 0.4) is 0 Å². The lowest BCUT2D eigenvalue weighted by atomic mass is 9.97. The van der Waals surface area contributed by atoms with E-state index < -0.39 is 0 Å². The highest BCUT2D eigenvalue weighted by atomic mass is 35.5. The van der Waals surface area contributed by atoms with Gasteiger partial charge in [0.15, 0.2) is 0 Å². The van der Waals surface area contributed by atoms with Gasteiger partial charge in [0.25, 0.3) is 0 Å². The fraction of sp³-hybridized carbons (Fsp3) is 0.500. The van der Waals surface area contributed by atoms with Gasteiger partial charge in [0.05, 0.1) is 18.7 Å². The second-order valence-corrected chi connectivity index (χ2v) is 8.57. The second kappa shape index (κ2) is 11.0. The zero-order chi connectivity index (χ0) is 19.8. The maximum absolute atomic E-state index is 6.98. The molecule has 3 rings (SSSR count). The van der Waals surface area contributed by atoms with Crippen LogP contribution in [0.15, 0.2) is 60.7 Å². The summed E-state index contributed by atoms with van der Waals surface area (Å²) < 4.78 is 8.12. The molecule has 0 spiro atoms. The summed E-state index contributed by atoms with van der Waals surface area (Å²) in [7, 11) is 0. The molecule has 3 nitrogen and oxygen atoms in total. The molecular formula is C24H33ClN2O. The molecule has 0 amide bonds. The Kier molecular flexibility index (Phi) is 8.35. The van der Waals surface area contributed by atoms with Gasteiger partial charge in [0.1, 0.15) is 0 Å². The Labute approximate surface area is 175 Å². The Morgan fingerprint density at radius 1 is 0.929 bits per heavy atom. The average molecular weight is 401 g/mol. The molecule has 1 saturated heterocycles. The number of rotatable bonds is 10. The largest absolute Gasteiger partial charge is 0.379 e. The van der Waals surface area contributed by atoms with Crippen LogP contribution in [0.1, 0.15) is 43.9 Å². The molecular weight excluding hydrogens is 368 g/mol. The van der Waals surface area contributed by atoms with Crippen LogP contribution in [-0.4, -0.2) is 41.7 Å². The average Bonchev–Trinajstić information content (AvgIpc) is 3.23. The van der Waals surface area contributed by atoms with Crippen molar-refractivity contribution in [1.82, 2.24) is 9.32 Å². The van der Waals surface area contributed by atoms with E-state index in [2.05, 4.69) is 73.3 Å². The molecule has 1 fully saturated rings. The van der Waals surface area contributed by atoms with E-state index in [4.69, 9.17) is 16.5 Å². The molecule has 2 aromatic rings. The molecule has 1 aliphatic heterocycles. The van der Waals surface area contributed by atoms with Crippen molar-refractivity contribution in [1.29, 1.82) is 0 Å². The minimum absolute atomic E-state index is 0.0772. The number of halogens is 1. The van der Waals surface area contributed by atoms with Gasteiger partial charge >= 0.3 is 0 Å². The fourth-order valence-electron chi connectivity index (χ4n) is 3.97. The first-order valence-corrected chi connectivity index (χ1v) is 10.8. The van der Waals surface area contributed by atoms with Gasteiger partial charge in [-0.25, -0.2) is 4.42 Å². The molecule has 4 heteroatoms. The highest BCUT2D eigenvalue weighted by Gasteiger charge is 2.34. The Balaban J connectivity index is 1.85. The summed E-state index contributed by atoms with van der Waals surface area (Å²) in [6.07, 6.45) is 2.51. The zero-order valence-corrected chi connectivity index (χ0v) is 17.9. The molecule has 0 aliphatic carbocycles. The van der Waals surface area contributed by atoms with Crippen molar-refractivity contribution in [2.24, 2.45) is 5.92 Å². The normalized spacial score (nSPS) is 17.3. The SMILES string of the molecule is CC(C)COCC(C(c1ccccc1)N(Cl)Cc1ccccc1)N1CCCC1. The highest BCUT2D eigenvalue weighted by molar-refractivity contribution is 6.13. The molecule has 0 aromatic heterocycles. The Morgan fingerprint density at radius 2 is 1.54 bits per heavy atom. The lowest BCUT2D eigenvalue weighted by molar-refractivity contribution is 0.0250. The van der Waals surface area contributed by atoms with Gasteiger partial charge in [-0.3, -0.25) is 4.90 Å². The van der Waals surface area contributed by atoms with E-state index in [0.29, 0.717) is 19.1 Å². The number of nitrogens with zero attached hydrogens (tertiary/aromatic N) is 2. The Bertz CT molecular complexity index is 674. The van der Waals surface area contributed by atoms with Crippen LogP contribution in [-0.2, 0) is 11.3 Å². The topological polar surface area (TPSA) is 15.7 Å². The summed E-state index contributed by atoms with van der Waals surface area (Å²) in [5, 5.41) is 0. The predicted octanol–water partition coefficient (Wildman–Crippen LogP) is 5.52. The molecule has 0 saturated carbocycles. The molecule has 0 N–H and O–H groups in total. The van der Waals surface area contributed by atoms with Gasteiger partial charge in [0.2, 0.25) is 0 Å². The molecule has 0 radical (unpaired) electrons. The summed E-state index contributed by atoms with van der Waals surface area (Å²) in [6.45, 7) is 8.83. The Morgan fingerprint density at radius 3 is 2.14 bits per heavy atom. The molecule has 2 unspecified atom stereocenters. The first kappa shape index (κ1) is 21.3. The lowest BCUT2D eigenvalue weighted by Gasteiger charge is -2.38. The van der Waals surface area contributed by atoms with Crippen molar-refractivity contribution in [2.45, 2.75) is 45.3 Å². The van der Waals surface area contributed by atoms with E-state index in [1.807, 2.05) is 10.5 Å². The highest BCUT2D eigenvalue weighted by Crippen LogP contribution is 2.33. The van der Waals surface area contributed by atoms with Gasteiger partial charge in [-0.05, 0) is 54.8 Å². The van der Waals surface area contributed by atoms with Crippen LogP contribution in [0, 0.1) is 5.92 Å². The third-order valence-corrected chi connectivity index (χ3v) is 5.66. The lowest BCUT2D eigenvalue weighted by Crippen LogP contribution is -2.45. The van der Waals surface area contributed by atoms with Gasteiger partial charge in [-0.15, -0.1) is 0 Å². The summed E-state index contributed by atoms with van der Waals surface area (Å²) in [6, 6.07) is 21.4. The maximum Gasteiger partial charge on any atom is 0.0682 e. The van der Waals surface area contributed by atoms with Crippen LogP contribution in [0.25, 0.3) is 0 Å². The van der Waals surface area contributed by atoms with Crippen LogP contribution in [0.2, 0.25) is 0 Å². The third kappa shape index (κ3) is 6.05. The standard InChI is InChI=1S/C24H33ClN2O/c1-20(2)18-28-19-23(26-15-9-10-16-26)24(22-13-7-4-8-14-22)27(25)17-21-11-5-3-6-12-21/h3-8,11-14,20,23-24H,9-10,15-19H2,1-2H3. The molecule has 28 heavy (non-hydrogen) atoms. The van der Waals surface area contributed by atoms with Crippen LogP contribution in [0.5, 0.6) is 0 Å². The quantitative estimate of drug-likeness (QED) is 0.488. The van der Waals surface area contributed by atoms with E-state index in [1.54, 1.807) is 0 Å². The van der Waals surface area contributed by atoms with Crippen molar-refractivity contribution >= 4 is 11.8 Å². The van der Waals surface area contributed by atoms with Gasteiger partial charge in [0, 0.05) is 13.2 Å². The molecule has 2 aromatic carbocycles. The van der Waals surface area contributed by atoms with E-state index in [1.165, 1.54) is 24.0 Å². The maximum atomic E-state index is 6.98. The van der Waals surface area contributed by atoms with Gasteiger partial charge in [-0.1, -0.05) is 74.5 Å². The van der Waals surface area contributed by atoms with Crippen molar-refractivity contribution in [3.05, 3.63) is 71.8 Å². The number of hydrogen-bond donors (Lipinski definition) is 0. The predicted molar refractivity (Wildman–Crippen MR) is 117 cm³/mol. The van der Waals surface area contributed by atoms with Crippen molar-refractivity contribution < 1.29 is 4.74 Å². The van der Waals surface area contributed by atoms with E-state index in [9.17, 15) is 0 Å². The zero-order valence-electron chi connectivity index (χ0n) is 17.1. The summed E-state index contributed by atoms with van der Waals surface area (Å²) in [4.78, 5) is 2.57. The third-order valence-electron chi connectivity index (χ3n) is 5.33. The van der Waals surface area contributed by atoms with Crippen LogP contribution >= 0.6 is 11.8 Å². The summed E-state index contributed by atoms with van der Waals surface area (Å²) >= 11 is 6.98. The van der Waals surface area contributed by atoms with E-state index >= 15 is 0 Å².